The van der Waals surface area contributed by atoms with Crippen LogP contribution in [0.25, 0.3) is 0 Å². The van der Waals surface area contributed by atoms with E-state index in [1.807, 2.05) is 0 Å². The summed E-state index contributed by atoms with van der Waals surface area (Å²) in [5.74, 6) is -2.00. The van der Waals surface area contributed by atoms with Gasteiger partial charge in [0.05, 0.1) is 23.9 Å². The van der Waals surface area contributed by atoms with E-state index in [0.717, 1.165) is 34.3 Å². The standard InChI is InChI=1S/C24H24ClF2N3O5S/c1-3-34-24(31)14-30-21-6-4-5-20(17(21)13-28-30)29(2)36(32,33)23-12-19(27)22(11-18(23)25)35-16-9-7-15(26)8-10-16/h7-13,20H,3-6,14H2,1-2H3/t20-/m1/s1. The van der Waals surface area contributed by atoms with Gasteiger partial charge in [0.25, 0.3) is 0 Å². The van der Waals surface area contributed by atoms with Gasteiger partial charge in [0, 0.05) is 24.4 Å². The Balaban J connectivity index is 1.60. The highest BCUT2D eigenvalue weighted by atomic mass is 35.5. The highest BCUT2D eigenvalue weighted by Crippen LogP contribution is 2.39. The number of halogens is 3. The molecule has 192 valence electrons. The average Bonchev–Trinajstić information content (AvgIpc) is 3.25. The van der Waals surface area contributed by atoms with E-state index in [1.54, 1.807) is 13.1 Å². The third-order valence-corrected chi connectivity index (χ3v) is 8.27. The van der Waals surface area contributed by atoms with Gasteiger partial charge >= 0.3 is 5.97 Å². The van der Waals surface area contributed by atoms with Gasteiger partial charge in [-0.2, -0.15) is 9.40 Å². The van der Waals surface area contributed by atoms with Crippen LogP contribution in [-0.2, 0) is 32.5 Å². The monoisotopic (exact) mass is 539 g/mol. The van der Waals surface area contributed by atoms with Gasteiger partial charge in [0.15, 0.2) is 11.6 Å². The number of esters is 1. The average molecular weight is 540 g/mol. The smallest absolute Gasteiger partial charge is 0.327 e. The molecule has 0 aliphatic heterocycles. The normalized spacial score (nSPS) is 15.6. The molecule has 0 saturated heterocycles. The van der Waals surface area contributed by atoms with Crippen molar-refractivity contribution in [2.24, 2.45) is 0 Å². The van der Waals surface area contributed by atoms with E-state index in [2.05, 4.69) is 5.10 Å². The van der Waals surface area contributed by atoms with Crippen LogP contribution in [0.5, 0.6) is 11.5 Å². The van der Waals surface area contributed by atoms with E-state index in [9.17, 15) is 22.0 Å². The second-order valence-corrected chi connectivity index (χ2v) is 10.6. The SMILES string of the molecule is CCOC(=O)Cn1ncc2c1CCC[C@H]2N(C)S(=O)(=O)c1cc(F)c(Oc2ccc(F)cc2)cc1Cl. The maximum absolute atomic E-state index is 14.9. The molecule has 2 aromatic carbocycles. The number of sulfonamides is 1. The number of rotatable bonds is 8. The second-order valence-electron chi connectivity index (χ2n) is 8.21. The van der Waals surface area contributed by atoms with Gasteiger partial charge in [-0.1, -0.05) is 11.6 Å². The van der Waals surface area contributed by atoms with Crippen LogP contribution in [0.2, 0.25) is 5.02 Å². The second kappa shape index (κ2) is 10.5. The van der Waals surface area contributed by atoms with Crippen molar-refractivity contribution in [3.05, 3.63) is 70.5 Å². The molecule has 1 atom stereocenters. The quantitative estimate of drug-likeness (QED) is 0.379. The van der Waals surface area contributed by atoms with Crippen molar-refractivity contribution in [3.8, 4) is 11.5 Å². The summed E-state index contributed by atoms with van der Waals surface area (Å²) < 4.78 is 68.0. The lowest BCUT2D eigenvalue weighted by Gasteiger charge is -2.31. The van der Waals surface area contributed by atoms with Crippen LogP contribution in [-0.4, -0.2) is 42.1 Å². The Labute approximate surface area is 212 Å². The lowest BCUT2D eigenvalue weighted by atomic mass is 9.93. The first-order chi connectivity index (χ1) is 17.1. The summed E-state index contributed by atoms with van der Waals surface area (Å²) in [7, 11) is -2.83. The maximum atomic E-state index is 14.9. The fourth-order valence-electron chi connectivity index (χ4n) is 4.18. The highest BCUT2D eigenvalue weighted by Gasteiger charge is 2.36. The van der Waals surface area contributed by atoms with Crippen molar-refractivity contribution >= 4 is 27.6 Å². The highest BCUT2D eigenvalue weighted by molar-refractivity contribution is 7.89. The molecule has 0 fully saturated rings. The first-order valence-corrected chi connectivity index (χ1v) is 13.0. The summed E-state index contributed by atoms with van der Waals surface area (Å²) in [4.78, 5) is 11.5. The molecule has 0 bridgehead atoms. The molecule has 0 saturated carbocycles. The van der Waals surface area contributed by atoms with E-state index in [1.165, 1.54) is 23.9 Å². The summed E-state index contributed by atoms with van der Waals surface area (Å²) in [6, 6.07) is 6.22. The lowest BCUT2D eigenvalue weighted by molar-refractivity contribution is -0.144. The fraction of sp³-hybridized carbons (Fsp3) is 0.333. The minimum Gasteiger partial charge on any atom is -0.465 e. The third-order valence-electron chi connectivity index (χ3n) is 5.94. The number of nitrogens with zero attached hydrogens (tertiary/aromatic N) is 3. The van der Waals surface area contributed by atoms with Crippen molar-refractivity contribution in [2.45, 2.75) is 43.7 Å². The largest absolute Gasteiger partial charge is 0.465 e. The number of hydrogen-bond donors (Lipinski definition) is 0. The van der Waals surface area contributed by atoms with Crippen LogP contribution in [0.1, 0.15) is 37.1 Å². The van der Waals surface area contributed by atoms with Gasteiger partial charge in [-0.3, -0.25) is 9.48 Å². The molecule has 4 rings (SSSR count). The van der Waals surface area contributed by atoms with Crippen molar-refractivity contribution < 1.29 is 31.5 Å². The lowest BCUT2D eigenvalue weighted by Crippen LogP contribution is -2.33. The first-order valence-electron chi connectivity index (χ1n) is 11.2. The van der Waals surface area contributed by atoms with E-state index >= 15 is 0 Å². The van der Waals surface area contributed by atoms with Crippen LogP contribution in [0, 0.1) is 11.6 Å². The molecule has 36 heavy (non-hydrogen) atoms. The summed E-state index contributed by atoms with van der Waals surface area (Å²) in [6.45, 7) is 1.89. The van der Waals surface area contributed by atoms with E-state index in [0.29, 0.717) is 24.8 Å². The van der Waals surface area contributed by atoms with Crippen molar-refractivity contribution in [2.75, 3.05) is 13.7 Å². The molecule has 0 spiro atoms. The molecular formula is C24H24ClF2N3O5S. The molecule has 3 aromatic rings. The number of benzene rings is 2. The maximum Gasteiger partial charge on any atom is 0.327 e. The van der Waals surface area contributed by atoms with E-state index in [-0.39, 0.29) is 29.7 Å². The van der Waals surface area contributed by atoms with Gasteiger partial charge in [0.1, 0.15) is 23.0 Å². The Morgan fingerprint density at radius 3 is 2.67 bits per heavy atom. The molecule has 0 N–H and O–H groups in total. The van der Waals surface area contributed by atoms with Crippen molar-refractivity contribution in [3.63, 3.8) is 0 Å². The van der Waals surface area contributed by atoms with Gasteiger partial charge in [-0.15, -0.1) is 0 Å². The molecule has 1 heterocycles. The molecule has 1 aliphatic rings. The number of carbonyl (C=O) groups excluding carboxylic acids is 1. The van der Waals surface area contributed by atoms with E-state index in [4.69, 9.17) is 21.1 Å². The zero-order chi connectivity index (χ0) is 26.0. The Hall–Kier alpha value is -3.02. The van der Waals surface area contributed by atoms with Crippen LogP contribution in [0.3, 0.4) is 0 Å². The predicted molar refractivity (Wildman–Crippen MR) is 127 cm³/mol. The molecule has 0 amide bonds. The fourth-order valence-corrected chi connectivity index (χ4v) is 6.04. The summed E-state index contributed by atoms with van der Waals surface area (Å²) in [5.41, 5.74) is 1.42. The molecule has 12 heteroatoms. The topological polar surface area (TPSA) is 90.7 Å². The van der Waals surface area contributed by atoms with Crippen molar-refractivity contribution in [1.82, 2.24) is 14.1 Å². The zero-order valence-electron chi connectivity index (χ0n) is 19.6. The van der Waals surface area contributed by atoms with Crippen LogP contribution in [0.4, 0.5) is 8.78 Å². The number of ether oxygens (including phenoxy) is 2. The molecular weight excluding hydrogens is 516 g/mol. The van der Waals surface area contributed by atoms with Crippen LogP contribution >= 0.6 is 11.6 Å². The molecule has 0 unspecified atom stereocenters. The third kappa shape index (κ3) is 5.23. The summed E-state index contributed by atoms with van der Waals surface area (Å²) in [5, 5.41) is 4.04. The Morgan fingerprint density at radius 2 is 1.97 bits per heavy atom. The minimum atomic E-state index is -4.22. The van der Waals surface area contributed by atoms with Gasteiger partial charge in [-0.25, -0.2) is 17.2 Å². The summed E-state index contributed by atoms with van der Waals surface area (Å²) in [6.07, 6.45) is 3.36. The molecule has 1 aliphatic carbocycles. The zero-order valence-corrected chi connectivity index (χ0v) is 21.2. The van der Waals surface area contributed by atoms with Crippen LogP contribution < -0.4 is 4.74 Å². The summed E-state index contributed by atoms with van der Waals surface area (Å²) >= 11 is 6.27. The predicted octanol–water partition coefficient (Wildman–Crippen LogP) is 4.87. The molecule has 0 radical (unpaired) electrons. The number of hydrogen-bond acceptors (Lipinski definition) is 6. The number of carbonyl (C=O) groups is 1. The Kier molecular flexibility index (Phi) is 7.62. The van der Waals surface area contributed by atoms with E-state index < -0.39 is 38.6 Å². The molecule has 1 aromatic heterocycles. The van der Waals surface area contributed by atoms with Crippen LogP contribution in [0.15, 0.2) is 47.5 Å². The Bertz CT molecular complexity index is 1380. The number of aromatic nitrogens is 2. The minimum absolute atomic E-state index is 0.0705. The van der Waals surface area contributed by atoms with Gasteiger partial charge in [-0.05, 0) is 56.5 Å². The van der Waals surface area contributed by atoms with Gasteiger partial charge in [0.2, 0.25) is 10.0 Å². The first kappa shape index (κ1) is 26.1. The van der Waals surface area contributed by atoms with Gasteiger partial charge < -0.3 is 9.47 Å². The van der Waals surface area contributed by atoms with Crippen molar-refractivity contribution in [1.29, 1.82) is 0 Å². The Morgan fingerprint density at radius 1 is 1.25 bits per heavy atom. The molecule has 8 nitrogen and oxygen atoms in total. The number of fused-ring (bicyclic) bond motifs is 1.